The Morgan fingerprint density at radius 1 is 0.828 bits per heavy atom. The van der Waals surface area contributed by atoms with Crippen LogP contribution in [0.15, 0.2) is 52.3 Å². The summed E-state index contributed by atoms with van der Waals surface area (Å²) in [6.45, 7) is 1.96. The van der Waals surface area contributed by atoms with Crippen LogP contribution in [0.25, 0.3) is 21.9 Å². The summed E-state index contributed by atoms with van der Waals surface area (Å²) in [7, 11) is 0. The van der Waals surface area contributed by atoms with Crippen molar-refractivity contribution in [3.63, 3.8) is 0 Å². The molecule has 1 heterocycles. The molecule has 0 radical (unpaired) electrons. The number of rotatable bonds is 0. The van der Waals surface area contributed by atoms with Gasteiger partial charge in [0.2, 0.25) is 0 Å². The first-order valence-electron chi connectivity index (χ1n) is 8.53. The summed E-state index contributed by atoms with van der Waals surface area (Å²) in [5.74, 6) is 0.919. The average Bonchev–Trinajstić information content (AvgIpc) is 2.75. The molecule has 134 valence electrons. The van der Waals surface area contributed by atoms with Crippen LogP contribution in [-0.2, 0) is 0 Å². The van der Waals surface area contributed by atoms with Crippen LogP contribution in [0.4, 0.5) is 0 Å². The predicted octanol–water partition coefficient (Wildman–Crippen LogP) is 3.80. The van der Waals surface area contributed by atoms with Crippen molar-refractivity contribution in [3.05, 3.63) is 58.5 Å². The molecule has 0 bridgehead atoms. The number of benzene rings is 3. The molecule has 0 amide bonds. The van der Waals surface area contributed by atoms with Crippen molar-refractivity contribution in [2.75, 3.05) is 0 Å². The molecule has 6 heteroatoms. The van der Waals surface area contributed by atoms with Gasteiger partial charge in [0.15, 0.2) is 5.75 Å². The highest BCUT2D eigenvalue weighted by Crippen LogP contribution is 2.45. The van der Waals surface area contributed by atoms with Crippen molar-refractivity contribution in [2.24, 2.45) is 0 Å². The van der Waals surface area contributed by atoms with Gasteiger partial charge in [0.25, 0.3) is 0 Å². The molecule has 0 aliphatic carbocycles. The lowest BCUT2D eigenvalue weighted by Crippen LogP contribution is -2.23. The third-order valence-corrected chi connectivity index (χ3v) is 5.73. The van der Waals surface area contributed by atoms with E-state index in [0.717, 1.165) is 10.5 Å². The van der Waals surface area contributed by atoms with Gasteiger partial charge in [0, 0.05) is 5.22 Å². The normalized spacial score (nSPS) is 10.9. The Hall–Kier alpha value is -4.23. The largest absolute Gasteiger partial charge is 0.454 e. The Labute approximate surface area is 170 Å². The van der Waals surface area contributed by atoms with Crippen molar-refractivity contribution in [3.8, 4) is 35.8 Å². The molecular formula is C23H10N4OS. The van der Waals surface area contributed by atoms with Crippen LogP contribution in [0.3, 0.4) is 0 Å². The molecule has 0 saturated heterocycles. The van der Waals surface area contributed by atoms with Crippen LogP contribution in [0, 0.1) is 52.2 Å². The summed E-state index contributed by atoms with van der Waals surface area (Å²) in [4.78, 5) is 1.39. The summed E-state index contributed by atoms with van der Waals surface area (Å²) in [6, 6.07) is 20.6. The van der Waals surface area contributed by atoms with Gasteiger partial charge in [-0.25, -0.2) is 0 Å². The second-order valence-corrected chi connectivity index (χ2v) is 7.36. The molecule has 0 atom stereocenters. The third-order valence-electron chi connectivity index (χ3n) is 4.60. The summed E-state index contributed by atoms with van der Waals surface area (Å²) >= 11 is 1.37. The van der Waals surface area contributed by atoms with Crippen molar-refractivity contribution in [2.45, 2.75) is 16.7 Å². The zero-order chi connectivity index (χ0) is 20.5. The minimum absolute atomic E-state index is 0.0494. The molecule has 1 aliphatic rings. The molecule has 0 unspecified atom stereocenters. The van der Waals surface area contributed by atoms with E-state index in [1.807, 2.05) is 49.4 Å². The first-order chi connectivity index (χ1) is 14.1. The Bertz CT molecular complexity index is 1480. The fourth-order valence-electron chi connectivity index (χ4n) is 3.35. The highest BCUT2D eigenvalue weighted by Gasteiger charge is 2.25. The highest BCUT2D eigenvalue weighted by molar-refractivity contribution is 7.99. The fraction of sp³-hybridized carbons (Fsp3) is 0.0435. The molecule has 4 rings (SSSR count). The molecule has 3 aromatic carbocycles. The molecule has 0 saturated carbocycles. The smallest absolute Gasteiger partial charge is 0.152 e. The van der Waals surface area contributed by atoms with E-state index in [1.54, 1.807) is 24.3 Å². The van der Waals surface area contributed by atoms with E-state index in [9.17, 15) is 21.0 Å². The van der Waals surface area contributed by atoms with E-state index in [-0.39, 0.29) is 11.1 Å². The lowest BCUT2D eigenvalue weighted by molar-refractivity contribution is 0.450. The predicted molar refractivity (Wildman–Crippen MR) is 108 cm³/mol. The summed E-state index contributed by atoms with van der Waals surface area (Å²) < 4.78 is 6.16. The van der Waals surface area contributed by atoms with Crippen LogP contribution in [0.5, 0.6) is 11.5 Å². The molecule has 0 spiro atoms. The zero-order valence-corrected chi connectivity index (χ0v) is 16.0. The van der Waals surface area contributed by atoms with Crippen LogP contribution >= 0.6 is 11.8 Å². The van der Waals surface area contributed by atoms with E-state index < -0.39 is 0 Å². The van der Waals surface area contributed by atoms with Gasteiger partial charge in [-0.3, -0.25) is 0 Å². The molecule has 1 aliphatic heterocycles. The minimum Gasteiger partial charge on any atom is -0.454 e. The molecular weight excluding hydrogens is 380 g/mol. The van der Waals surface area contributed by atoms with E-state index >= 15 is 0 Å². The summed E-state index contributed by atoms with van der Waals surface area (Å²) in [5, 5.41) is 40.3. The van der Waals surface area contributed by atoms with E-state index in [2.05, 4.69) is 0 Å². The van der Waals surface area contributed by atoms with Gasteiger partial charge >= 0.3 is 0 Å². The Morgan fingerprint density at radius 2 is 1.41 bits per heavy atom. The standard InChI is InChI=1S/C23H10N4OS/c1-13-6-7-18-19(8-13)29-23-21(15(11-26)12-27)17-5-3-2-4-16(17)20(22(23)28-18)14(9-24)10-25/h2-8H,1H3. The van der Waals surface area contributed by atoms with Crippen molar-refractivity contribution >= 4 is 33.7 Å². The third kappa shape index (κ3) is 2.77. The molecule has 0 aromatic heterocycles. The Balaban J connectivity index is 2.34. The van der Waals surface area contributed by atoms with E-state index in [4.69, 9.17) is 4.74 Å². The average molecular weight is 390 g/mol. The lowest BCUT2D eigenvalue weighted by atomic mass is 9.99. The van der Waals surface area contributed by atoms with Gasteiger partial charge in [-0.05, 0) is 35.4 Å². The number of nitriles is 4. The second-order valence-electron chi connectivity index (χ2n) is 6.31. The maximum atomic E-state index is 9.58. The van der Waals surface area contributed by atoms with Crippen LogP contribution in [0.2, 0.25) is 0 Å². The van der Waals surface area contributed by atoms with Crippen LogP contribution in [-0.4, -0.2) is 0 Å². The topological polar surface area (TPSA) is 104 Å². The zero-order valence-electron chi connectivity index (χ0n) is 15.1. The molecule has 3 aromatic rings. The SMILES string of the molecule is Cc1ccc2c(c1)Sc1c(c(=C(C#N)C#N)c3ccccc3c1=C(C#N)C#N)O2. The summed E-state index contributed by atoms with van der Waals surface area (Å²) in [6.07, 6.45) is 0. The summed E-state index contributed by atoms with van der Waals surface area (Å²) in [5.41, 5.74) is 0.902. The van der Waals surface area contributed by atoms with Crippen LogP contribution < -0.4 is 15.2 Å². The quantitative estimate of drug-likeness (QED) is 0.452. The number of hydrogen-bond acceptors (Lipinski definition) is 6. The van der Waals surface area contributed by atoms with Crippen molar-refractivity contribution in [1.29, 1.82) is 21.0 Å². The second kappa shape index (κ2) is 7.06. The maximum absolute atomic E-state index is 9.58. The van der Waals surface area contributed by atoms with Gasteiger partial charge in [0.05, 0.1) is 15.0 Å². The van der Waals surface area contributed by atoms with Crippen molar-refractivity contribution in [1.82, 2.24) is 0 Å². The molecule has 29 heavy (non-hydrogen) atoms. The molecule has 5 nitrogen and oxygen atoms in total. The first kappa shape index (κ1) is 18.1. The number of fused-ring (bicyclic) bond motifs is 3. The van der Waals surface area contributed by atoms with Gasteiger partial charge in [-0.2, -0.15) is 21.0 Å². The van der Waals surface area contributed by atoms with Crippen LogP contribution in [0.1, 0.15) is 5.56 Å². The molecule has 0 fully saturated rings. The van der Waals surface area contributed by atoms with Gasteiger partial charge in [-0.1, -0.05) is 42.1 Å². The fourth-order valence-corrected chi connectivity index (χ4v) is 4.58. The number of nitrogens with zero attached hydrogens (tertiary/aromatic N) is 4. The van der Waals surface area contributed by atoms with Gasteiger partial charge < -0.3 is 4.74 Å². The minimum atomic E-state index is -0.0874. The van der Waals surface area contributed by atoms with Crippen molar-refractivity contribution < 1.29 is 4.74 Å². The number of aryl methyl sites for hydroxylation is 1. The van der Waals surface area contributed by atoms with E-state index in [0.29, 0.717) is 37.6 Å². The monoisotopic (exact) mass is 390 g/mol. The Kier molecular flexibility index (Phi) is 4.42. The van der Waals surface area contributed by atoms with E-state index in [1.165, 1.54) is 11.8 Å². The maximum Gasteiger partial charge on any atom is 0.152 e. The highest BCUT2D eigenvalue weighted by atomic mass is 32.2. The van der Waals surface area contributed by atoms with Gasteiger partial charge in [0.1, 0.15) is 41.2 Å². The number of hydrogen-bond donors (Lipinski definition) is 0. The Morgan fingerprint density at radius 3 is 2.03 bits per heavy atom. The number of ether oxygens (including phenoxy) is 1. The first-order valence-corrected chi connectivity index (χ1v) is 9.34. The van der Waals surface area contributed by atoms with Gasteiger partial charge in [-0.15, -0.1) is 0 Å². The molecule has 0 N–H and O–H groups in total. The lowest BCUT2D eigenvalue weighted by Gasteiger charge is -2.22.